The molecule has 0 bridgehead atoms. The van der Waals surface area contributed by atoms with Crippen LogP contribution in [0.1, 0.15) is 25.7 Å². The van der Waals surface area contributed by atoms with Crippen LogP contribution in [-0.2, 0) is 0 Å². The van der Waals surface area contributed by atoms with Crippen LogP contribution in [0.3, 0.4) is 0 Å². The molecule has 4 nitrogen and oxygen atoms in total. The predicted molar refractivity (Wildman–Crippen MR) is 43.0 cm³/mol. The standard InChI is InChI=1S/C7H15N3O/c8-5-2-1-3-6(4-5)10-7(9)11/h5-6H,1-4,8H2,(H3,9,10,11). The Balaban J connectivity index is 2.28. The number of hydrogen-bond acceptors (Lipinski definition) is 2. The molecule has 0 aliphatic heterocycles. The number of hydrogen-bond donors (Lipinski definition) is 3. The van der Waals surface area contributed by atoms with Crippen molar-refractivity contribution in [3.8, 4) is 0 Å². The van der Waals surface area contributed by atoms with Crippen molar-refractivity contribution in [3.63, 3.8) is 0 Å². The zero-order chi connectivity index (χ0) is 8.27. The number of primary amides is 1. The van der Waals surface area contributed by atoms with Crippen LogP contribution in [0.2, 0.25) is 0 Å². The average molecular weight is 157 g/mol. The van der Waals surface area contributed by atoms with E-state index in [0.29, 0.717) is 0 Å². The van der Waals surface area contributed by atoms with E-state index in [1.54, 1.807) is 0 Å². The third-order valence-corrected chi connectivity index (χ3v) is 2.06. The smallest absolute Gasteiger partial charge is 0.312 e. The Morgan fingerprint density at radius 1 is 1.45 bits per heavy atom. The largest absolute Gasteiger partial charge is 0.352 e. The summed E-state index contributed by atoms with van der Waals surface area (Å²) >= 11 is 0. The molecule has 0 radical (unpaired) electrons. The Hall–Kier alpha value is -0.770. The molecule has 1 aliphatic rings. The molecule has 0 saturated heterocycles. The first-order valence-electron chi connectivity index (χ1n) is 4.00. The second kappa shape index (κ2) is 3.57. The fourth-order valence-electron chi connectivity index (χ4n) is 1.56. The van der Waals surface area contributed by atoms with Crippen LogP contribution in [0.5, 0.6) is 0 Å². The van der Waals surface area contributed by atoms with Crippen LogP contribution < -0.4 is 16.8 Å². The predicted octanol–water partition coefficient (Wildman–Crippen LogP) is -0.0754. The summed E-state index contributed by atoms with van der Waals surface area (Å²) in [5.74, 6) is 0. The Labute approximate surface area is 66.3 Å². The Kier molecular flexibility index (Phi) is 2.70. The fraction of sp³-hybridized carbons (Fsp3) is 0.857. The van der Waals surface area contributed by atoms with Gasteiger partial charge in [-0.15, -0.1) is 0 Å². The van der Waals surface area contributed by atoms with Crippen molar-refractivity contribution in [2.24, 2.45) is 11.5 Å². The van der Waals surface area contributed by atoms with Crippen molar-refractivity contribution < 1.29 is 4.79 Å². The van der Waals surface area contributed by atoms with E-state index in [-0.39, 0.29) is 12.1 Å². The Morgan fingerprint density at radius 2 is 2.18 bits per heavy atom. The van der Waals surface area contributed by atoms with Gasteiger partial charge in [-0.2, -0.15) is 0 Å². The first-order valence-corrected chi connectivity index (χ1v) is 4.00. The molecule has 4 heteroatoms. The van der Waals surface area contributed by atoms with Gasteiger partial charge in [-0.1, -0.05) is 0 Å². The quantitative estimate of drug-likeness (QED) is 0.497. The van der Waals surface area contributed by atoms with Crippen LogP contribution in [0.25, 0.3) is 0 Å². The first kappa shape index (κ1) is 8.33. The summed E-state index contributed by atoms with van der Waals surface area (Å²) < 4.78 is 0. The highest BCUT2D eigenvalue weighted by Gasteiger charge is 2.19. The number of nitrogens with one attached hydrogen (secondary N) is 1. The SMILES string of the molecule is NC(=O)NC1CCCC(N)C1. The molecular formula is C7H15N3O. The summed E-state index contributed by atoms with van der Waals surface area (Å²) in [6, 6.07) is 0.000880. The van der Waals surface area contributed by atoms with Gasteiger partial charge >= 0.3 is 6.03 Å². The van der Waals surface area contributed by atoms with Gasteiger partial charge in [0.15, 0.2) is 0 Å². The van der Waals surface area contributed by atoms with Gasteiger partial charge in [0.25, 0.3) is 0 Å². The number of amides is 2. The third kappa shape index (κ3) is 2.76. The second-order valence-electron chi connectivity index (χ2n) is 3.13. The third-order valence-electron chi connectivity index (χ3n) is 2.06. The first-order chi connectivity index (χ1) is 5.18. The topological polar surface area (TPSA) is 81.1 Å². The minimum Gasteiger partial charge on any atom is -0.352 e. The van der Waals surface area contributed by atoms with Gasteiger partial charge in [0.1, 0.15) is 0 Å². The van der Waals surface area contributed by atoms with Crippen LogP contribution in [-0.4, -0.2) is 18.1 Å². The maximum absolute atomic E-state index is 10.4. The summed E-state index contributed by atoms with van der Waals surface area (Å²) in [6.07, 6.45) is 4.03. The number of carbonyl (C=O) groups excluding carboxylic acids is 1. The average Bonchev–Trinajstić information content (AvgIpc) is 1.85. The van der Waals surface area contributed by atoms with E-state index < -0.39 is 6.03 Å². The van der Waals surface area contributed by atoms with Crippen LogP contribution in [0.15, 0.2) is 0 Å². The van der Waals surface area contributed by atoms with E-state index in [2.05, 4.69) is 5.32 Å². The summed E-state index contributed by atoms with van der Waals surface area (Å²) in [5, 5.41) is 2.67. The van der Waals surface area contributed by atoms with Gasteiger partial charge in [0.2, 0.25) is 0 Å². The molecular weight excluding hydrogens is 142 g/mol. The van der Waals surface area contributed by atoms with Gasteiger partial charge in [-0.25, -0.2) is 4.79 Å². The van der Waals surface area contributed by atoms with Crippen molar-refractivity contribution in [1.82, 2.24) is 5.32 Å². The number of urea groups is 1. The lowest BCUT2D eigenvalue weighted by Crippen LogP contribution is -2.44. The molecule has 1 aliphatic carbocycles. The Morgan fingerprint density at radius 3 is 2.73 bits per heavy atom. The second-order valence-corrected chi connectivity index (χ2v) is 3.13. The van der Waals surface area contributed by atoms with Crippen molar-refractivity contribution >= 4 is 6.03 Å². The monoisotopic (exact) mass is 157 g/mol. The van der Waals surface area contributed by atoms with E-state index in [9.17, 15) is 4.79 Å². The highest BCUT2D eigenvalue weighted by molar-refractivity contribution is 5.71. The van der Waals surface area contributed by atoms with Crippen molar-refractivity contribution in [2.45, 2.75) is 37.8 Å². The van der Waals surface area contributed by atoms with E-state index in [0.717, 1.165) is 25.7 Å². The zero-order valence-electron chi connectivity index (χ0n) is 6.55. The molecule has 11 heavy (non-hydrogen) atoms. The molecule has 2 amide bonds. The number of carbonyl (C=O) groups is 1. The normalized spacial score (nSPS) is 31.4. The van der Waals surface area contributed by atoms with E-state index in [1.165, 1.54) is 0 Å². The van der Waals surface area contributed by atoms with Gasteiger partial charge in [-0.3, -0.25) is 0 Å². The molecule has 64 valence electrons. The van der Waals surface area contributed by atoms with Crippen molar-refractivity contribution in [3.05, 3.63) is 0 Å². The molecule has 0 aromatic carbocycles. The summed E-state index contributed by atoms with van der Waals surface area (Å²) in [6.45, 7) is 0. The lowest BCUT2D eigenvalue weighted by molar-refractivity contribution is 0.239. The summed E-state index contributed by atoms with van der Waals surface area (Å²) in [4.78, 5) is 10.4. The summed E-state index contributed by atoms with van der Waals surface area (Å²) in [7, 11) is 0. The lowest BCUT2D eigenvalue weighted by atomic mass is 9.92. The van der Waals surface area contributed by atoms with E-state index >= 15 is 0 Å². The lowest BCUT2D eigenvalue weighted by Gasteiger charge is -2.26. The highest BCUT2D eigenvalue weighted by Crippen LogP contribution is 2.16. The molecule has 2 unspecified atom stereocenters. The van der Waals surface area contributed by atoms with Gasteiger partial charge in [0, 0.05) is 12.1 Å². The molecule has 1 rings (SSSR count). The molecule has 5 N–H and O–H groups in total. The van der Waals surface area contributed by atoms with Gasteiger partial charge < -0.3 is 16.8 Å². The van der Waals surface area contributed by atoms with Crippen LogP contribution in [0, 0.1) is 0 Å². The zero-order valence-corrected chi connectivity index (χ0v) is 6.55. The Bertz CT molecular complexity index is 149. The number of nitrogens with two attached hydrogens (primary N) is 2. The fourth-order valence-corrected chi connectivity index (χ4v) is 1.56. The van der Waals surface area contributed by atoms with Crippen molar-refractivity contribution in [2.75, 3.05) is 0 Å². The van der Waals surface area contributed by atoms with Crippen LogP contribution >= 0.6 is 0 Å². The molecule has 0 spiro atoms. The minimum absolute atomic E-state index is 0.205. The maximum atomic E-state index is 10.4. The highest BCUT2D eigenvalue weighted by atomic mass is 16.2. The van der Waals surface area contributed by atoms with Gasteiger partial charge in [0.05, 0.1) is 0 Å². The number of rotatable bonds is 1. The molecule has 0 heterocycles. The van der Waals surface area contributed by atoms with Crippen LogP contribution in [0.4, 0.5) is 4.79 Å². The maximum Gasteiger partial charge on any atom is 0.312 e. The van der Waals surface area contributed by atoms with Gasteiger partial charge in [-0.05, 0) is 25.7 Å². The van der Waals surface area contributed by atoms with E-state index in [4.69, 9.17) is 11.5 Å². The molecule has 1 fully saturated rings. The molecule has 2 atom stereocenters. The minimum atomic E-state index is -0.441. The molecule has 1 saturated carbocycles. The van der Waals surface area contributed by atoms with E-state index in [1.807, 2.05) is 0 Å². The van der Waals surface area contributed by atoms with Crippen molar-refractivity contribution in [1.29, 1.82) is 0 Å². The summed E-state index contributed by atoms with van der Waals surface area (Å²) in [5.41, 5.74) is 10.7. The molecule has 0 aromatic rings. The molecule has 0 aromatic heterocycles.